The van der Waals surface area contributed by atoms with Gasteiger partial charge in [-0.3, -0.25) is 0 Å². The van der Waals surface area contributed by atoms with Crippen LogP contribution in [0, 0.1) is 0 Å². The highest BCUT2D eigenvalue weighted by molar-refractivity contribution is 5.77. The normalized spacial score (nSPS) is 17.9. The summed E-state index contributed by atoms with van der Waals surface area (Å²) in [5, 5.41) is 0. The minimum Gasteiger partial charge on any atom is -0.350 e. The molecule has 0 aromatic heterocycles. The van der Waals surface area contributed by atoms with Gasteiger partial charge in [0.15, 0.2) is 0 Å². The van der Waals surface area contributed by atoms with E-state index in [2.05, 4.69) is 54.8 Å². The van der Waals surface area contributed by atoms with Gasteiger partial charge in [0.05, 0.1) is 17.5 Å². The summed E-state index contributed by atoms with van der Waals surface area (Å²) >= 11 is 0. The Bertz CT molecular complexity index is 336. The van der Waals surface area contributed by atoms with Crippen molar-refractivity contribution in [2.45, 2.75) is 52.6 Å². The van der Waals surface area contributed by atoms with Crippen LogP contribution >= 0.6 is 0 Å². The number of para-hydroxylation sites is 2. The zero-order valence-corrected chi connectivity index (χ0v) is 12.0. The van der Waals surface area contributed by atoms with Crippen LogP contribution in [0.25, 0.3) is 0 Å². The first-order valence-corrected chi connectivity index (χ1v) is 7.41. The van der Waals surface area contributed by atoms with Gasteiger partial charge in [-0.1, -0.05) is 37.8 Å². The number of rotatable bonds is 2. The molecule has 0 N–H and O–H groups in total. The second-order valence-electron chi connectivity index (χ2n) is 5.11. The monoisotopic (exact) mass is 246 g/mol. The fourth-order valence-electron chi connectivity index (χ4n) is 2.64. The number of hydrogen-bond donors (Lipinski definition) is 0. The third kappa shape index (κ3) is 2.47. The zero-order chi connectivity index (χ0) is 13.0. The molecule has 0 radical (unpaired) electrons. The maximum Gasteiger partial charge on any atom is 0.0987 e. The van der Waals surface area contributed by atoms with Crippen molar-refractivity contribution in [2.24, 2.45) is 0 Å². The SMILES string of the molecule is C1CCC1.CCN1c2ccccc2N(CC)C1C. The van der Waals surface area contributed by atoms with Crippen LogP contribution in [-0.2, 0) is 0 Å². The molecule has 0 bridgehead atoms. The molecular formula is C16H26N2. The van der Waals surface area contributed by atoms with Crippen LogP contribution in [0.5, 0.6) is 0 Å². The van der Waals surface area contributed by atoms with Crippen LogP contribution < -0.4 is 9.80 Å². The molecule has 1 aliphatic heterocycles. The van der Waals surface area contributed by atoms with E-state index in [1.807, 2.05) is 0 Å². The quantitative estimate of drug-likeness (QED) is 0.769. The lowest BCUT2D eigenvalue weighted by atomic mass is 10.0. The maximum absolute atomic E-state index is 2.44. The third-order valence-corrected chi connectivity index (χ3v) is 4.08. The van der Waals surface area contributed by atoms with Gasteiger partial charge in [0.2, 0.25) is 0 Å². The molecule has 0 unspecified atom stereocenters. The Kier molecular flexibility index (Phi) is 4.51. The molecule has 0 atom stereocenters. The molecule has 0 saturated heterocycles. The van der Waals surface area contributed by atoms with E-state index in [0.29, 0.717) is 6.17 Å². The Labute approximate surface area is 112 Å². The van der Waals surface area contributed by atoms with E-state index in [-0.39, 0.29) is 0 Å². The molecule has 18 heavy (non-hydrogen) atoms. The van der Waals surface area contributed by atoms with Gasteiger partial charge in [0.25, 0.3) is 0 Å². The van der Waals surface area contributed by atoms with E-state index in [1.165, 1.54) is 37.1 Å². The Morgan fingerprint density at radius 2 is 1.28 bits per heavy atom. The van der Waals surface area contributed by atoms with Crippen LogP contribution in [-0.4, -0.2) is 19.3 Å². The second kappa shape index (κ2) is 6.12. The van der Waals surface area contributed by atoms with Gasteiger partial charge >= 0.3 is 0 Å². The lowest BCUT2D eigenvalue weighted by molar-refractivity contribution is 0.504. The Hall–Kier alpha value is -1.18. The molecule has 100 valence electrons. The zero-order valence-electron chi connectivity index (χ0n) is 12.0. The minimum atomic E-state index is 0.502. The van der Waals surface area contributed by atoms with Crippen molar-refractivity contribution in [1.82, 2.24) is 0 Å². The van der Waals surface area contributed by atoms with Crippen molar-refractivity contribution in [3.8, 4) is 0 Å². The van der Waals surface area contributed by atoms with Gasteiger partial charge in [-0.15, -0.1) is 0 Å². The van der Waals surface area contributed by atoms with Crippen LogP contribution in [0.15, 0.2) is 24.3 Å². The molecular weight excluding hydrogens is 220 g/mol. The average Bonchev–Trinajstić information content (AvgIpc) is 2.58. The first-order valence-electron chi connectivity index (χ1n) is 7.41. The van der Waals surface area contributed by atoms with Crippen molar-refractivity contribution in [2.75, 3.05) is 22.9 Å². The summed E-state index contributed by atoms with van der Waals surface area (Å²) in [5.41, 5.74) is 2.76. The first-order chi connectivity index (χ1) is 8.79. The molecule has 2 heteroatoms. The molecule has 1 aromatic carbocycles. The van der Waals surface area contributed by atoms with Gasteiger partial charge in [-0.25, -0.2) is 0 Å². The largest absolute Gasteiger partial charge is 0.350 e. The molecule has 1 fully saturated rings. The van der Waals surface area contributed by atoms with Crippen LogP contribution in [0.3, 0.4) is 0 Å². The molecule has 2 nitrogen and oxygen atoms in total. The fourth-order valence-corrected chi connectivity index (χ4v) is 2.64. The molecule has 2 aliphatic rings. The summed E-state index contributed by atoms with van der Waals surface area (Å²) in [7, 11) is 0. The number of nitrogens with zero attached hydrogens (tertiary/aromatic N) is 2. The third-order valence-electron chi connectivity index (χ3n) is 4.08. The van der Waals surface area contributed by atoms with E-state index in [9.17, 15) is 0 Å². The van der Waals surface area contributed by atoms with E-state index >= 15 is 0 Å². The minimum absolute atomic E-state index is 0.502. The van der Waals surface area contributed by atoms with Gasteiger partial charge < -0.3 is 9.80 Å². The van der Waals surface area contributed by atoms with Gasteiger partial charge in [-0.05, 0) is 32.9 Å². The van der Waals surface area contributed by atoms with Gasteiger partial charge in [0, 0.05) is 13.1 Å². The highest BCUT2D eigenvalue weighted by Crippen LogP contribution is 2.38. The fraction of sp³-hybridized carbons (Fsp3) is 0.625. The molecule has 1 saturated carbocycles. The van der Waals surface area contributed by atoms with E-state index < -0.39 is 0 Å². The maximum atomic E-state index is 2.44. The number of hydrogen-bond acceptors (Lipinski definition) is 2. The molecule has 1 heterocycles. The average molecular weight is 246 g/mol. The highest BCUT2D eigenvalue weighted by atomic mass is 15.4. The number of benzene rings is 1. The van der Waals surface area contributed by atoms with Gasteiger partial charge in [-0.2, -0.15) is 0 Å². The van der Waals surface area contributed by atoms with Crippen molar-refractivity contribution >= 4 is 11.4 Å². The summed E-state index contributed by atoms with van der Waals surface area (Å²) in [6.07, 6.45) is 6.50. The summed E-state index contributed by atoms with van der Waals surface area (Å²) in [6.45, 7) is 8.86. The number of fused-ring (bicyclic) bond motifs is 1. The summed E-state index contributed by atoms with van der Waals surface area (Å²) in [6, 6.07) is 8.66. The summed E-state index contributed by atoms with van der Waals surface area (Å²) in [5.74, 6) is 0. The Balaban J connectivity index is 0.000000256. The van der Waals surface area contributed by atoms with E-state index in [4.69, 9.17) is 0 Å². The van der Waals surface area contributed by atoms with Crippen molar-refractivity contribution in [1.29, 1.82) is 0 Å². The van der Waals surface area contributed by atoms with Gasteiger partial charge in [0.1, 0.15) is 0 Å². The smallest absolute Gasteiger partial charge is 0.0987 e. The summed E-state index contributed by atoms with van der Waals surface area (Å²) in [4.78, 5) is 4.89. The molecule has 1 aromatic rings. The first kappa shape index (κ1) is 13.3. The predicted molar refractivity (Wildman–Crippen MR) is 80.4 cm³/mol. The molecule has 0 spiro atoms. The standard InChI is InChI=1S/C12H18N2.C4H8/c1-4-13-10(3)14(5-2)12-9-7-6-8-11(12)13;1-2-4-3-1/h6-10H,4-5H2,1-3H3;1-4H2. The highest BCUT2D eigenvalue weighted by Gasteiger charge is 2.29. The van der Waals surface area contributed by atoms with Crippen LogP contribution in [0.2, 0.25) is 0 Å². The lowest BCUT2D eigenvalue weighted by Gasteiger charge is -2.28. The number of anilines is 2. The topological polar surface area (TPSA) is 6.48 Å². The summed E-state index contributed by atoms with van der Waals surface area (Å²) < 4.78 is 0. The molecule has 3 rings (SSSR count). The van der Waals surface area contributed by atoms with E-state index in [1.54, 1.807) is 0 Å². The Morgan fingerprint density at radius 1 is 0.889 bits per heavy atom. The van der Waals surface area contributed by atoms with Crippen molar-refractivity contribution in [3.63, 3.8) is 0 Å². The van der Waals surface area contributed by atoms with Crippen LogP contribution in [0.1, 0.15) is 46.5 Å². The van der Waals surface area contributed by atoms with Crippen molar-refractivity contribution in [3.05, 3.63) is 24.3 Å². The molecule has 0 amide bonds. The van der Waals surface area contributed by atoms with E-state index in [0.717, 1.165) is 13.1 Å². The van der Waals surface area contributed by atoms with Crippen molar-refractivity contribution < 1.29 is 0 Å². The predicted octanol–water partition coefficient (Wildman–Crippen LogP) is 4.26. The van der Waals surface area contributed by atoms with Crippen LogP contribution in [0.4, 0.5) is 11.4 Å². The Morgan fingerprint density at radius 3 is 1.56 bits per heavy atom. The lowest BCUT2D eigenvalue weighted by Crippen LogP contribution is -2.40. The second-order valence-corrected chi connectivity index (χ2v) is 5.11. The molecule has 1 aliphatic carbocycles.